The molecule has 1 aromatic heterocycles. The van der Waals surface area contributed by atoms with Gasteiger partial charge in [0.2, 0.25) is 0 Å². The third-order valence-corrected chi connectivity index (χ3v) is 5.65. The number of aliphatic hydroxyl groups is 2. The molecule has 1 aliphatic carbocycles. The van der Waals surface area contributed by atoms with Crippen molar-refractivity contribution in [3.63, 3.8) is 0 Å². The lowest BCUT2D eigenvalue weighted by molar-refractivity contribution is 0.0770. The first-order chi connectivity index (χ1) is 10.7. The Kier molecular flexibility index (Phi) is 3.48. The molecule has 2 aromatic rings. The minimum atomic E-state index is 0.186. The number of rotatable bonds is 3. The van der Waals surface area contributed by atoms with Crippen LogP contribution in [0.25, 0.3) is 10.9 Å². The van der Waals surface area contributed by atoms with Crippen molar-refractivity contribution in [3.05, 3.63) is 35.0 Å². The first-order valence-electron chi connectivity index (χ1n) is 8.27. The summed E-state index contributed by atoms with van der Waals surface area (Å²) in [6, 6.07) is 7.03. The van der Waals surface area contributed by atoms with Crippen molar-refractivity contribution >= 4 is 10.9 Å². The van der Waals surface area contributed by atoms with Gasteiger partial charge in [-0.1, -0.05) is 12.1 Å². The Morgan fingerprint density at radius 3 is 2.95 bits per heavy atom. The summed E-state index contributed by atoms with van der Waals surface area (Å²) in [6.45, 7) is 1.44. The quantitative estimate of drug-likeness (QED) is 0.808. The molecule has 1 saturated heterocycles. The van der Waals surface area contributed by atoms with Gasteiger partial charge in [0.1, 0.15) is 0 Å². The van der Waals surface area contributed by atoms with E-state index in [4.69, 9.17) is 0 Å². The van der Waals surface area contributed by atoms with Crippen molar-refractivity contribution in [1.29, 1.82) is 0 Å². The highest BCUT2D eigenvalue weighted by Crippen LogP contribution is 2.45. The number of nitrogens with one attached hydrogen (secondary N) is 1. The lowest BCUT2D eigenvalue weighted by atomic mass is 9.72. The molecule has 2 heterocycles. The average molecular weight is 300 g/mol. The number of aromatic amines is 1. The van der Waals surface area contributed by atoms with E-state index in [-0.39, 0.29) is 13.2 Å². The van der Waals surface area contributed by atoms with Crippen LogP contribution < -0.4 is 0 Å². The van der Waals surface area contributed by atoms with Gasteiger partial charge < -0.3 is 20.1 Å². The number of aromatic nitrogens is 1. The normalized spacial score (nSPS) is 28.0. The summed E-state index contributed by atoms with van der Waals surface area (Å²) in [7, 11) is 2.18. The molecule has 3 atom stereocenters. The standard InChI is InChI=1S/C18H24N2O2/c1-20-9-11(10-22)7-13-12-3-2-4-16-18(12)14(8-17(13)20)15(19-16)5-6-21/h2-4,11,13,17,19,21-22H,5-10H2,1H3/t11-,13?,17-/m1/s1. The third kappa shape index (κ3) is 2.02. The van der Waals surface area contributed by atoms with Crippen LogP contribution in [-0.2, 0) is 12.8 Å². The monoisotopic (exact) mass is 300 g/mol. The number of hydrogen-bond donors (Lipinski definition) is 3. The molecule has 3 N–H and O–H groups in total. The predicted octanol–water partition coefficient (Wildman–Crippen LogP) is 1.65. The highest BCUT2D eigenvalue weighted by atomic mass is 16.3. The number of nitrogens with zero attached hydrogens (tertiary/aromatic N) is 1. The van der Waals surface area contributed by atoms with Crippen LogP contribution in [0.3, 0.4) is 0 Å². The Labute approximate surface area is 130 Å². The number of likely N-dealkylation sites (tertiary alicyclic amines) is 1. The molecule has 4 heteroatoms. The zero-order valence-corrected chi connectivity index (χ0v) is 13.0. The molecule has 0 saturated carbocycles. The molecule has 118 valence electrons. The van der Waals surface area contributed by atoms with Crippen molar-refractivity contribution in [2.45, 2.75) is 31.2 Å². The van der Waals surface area contributed by atoms with Gasteiger partial charge in [-0.25, -0.2) is 0 Å². The van der Waals surface area contributed by atoms with Crippen LogP contribution in [0, 0.1) is 5.92 Å². The first-order valence-corrected chi connectivity index (χ1v) is 8.27. The minimum Gasteiger partial charge on any atom is -0.396 e. The fourth-order valence-electron chi connectivity index (χ4n) is 4.67. The predicted molar refractivity (Wildman–Crippen MR) is 87.1 cm³/mol. The van der Waals surface area contributed by atoms with Crippen molar-refractivity contribution in [3.8, 4) is 0 Å². The molecule has 0 amide bonds. The molecular formula is C18H24N2O2. The zero-order chi connectivity index (χ0) is 15.3. The molecule has 0 radical (unpaired) electrons. The Morgan fingerprint density at radius 1 is 1.32 bits per heavy atom. The summed E-state index contributed by atoms with van der Waals surface area (Å²) in [4.78, 5) is 5.94. The van der Waals surface area contributed by atoms with Crippen molar-refractivity contribution < 1.29 is 10.2 Å². The molecular weight excluding hydrogens is 276 g/mol. The van der Waals surface area contributed by atoms with Crippen LogP contribution in [0.4, 0.5) is 0 Å². The molecule has 0 bridgehead atoms. The number of likely N-dealkylation sites (N-methyl/N-ethyl adjacent to an activating group) is 1. The number of H-pyrrole nitrogens is 1. The van der Waals surface area contributed by atoms with Gasteiger partial charge >= 0.3 is 0 Å². The van der Waals surface area contributed by atoms with Crippen LogP contribution in [0.2, 0.25) is 0 Å². The largest absolute Gasteiger partial charge is 0.396 e. The second kappa shape index (κ2) is 5.37. The van der Waals surface area contributed by atoms with Crippen molar-refractivity contribution in [1.82, 2.24) is 9.88 Å². The SMILES string of the molecule is CN1C[C@H](CO)CC2c3cccc4[nH]c(CCO)c(c34)C[C@H]21. The number of benzene rings is 1. The average Bonchev–Trinajstić information content (AvgIpc) is 2.88. The molecule has 22 heavy (non-hydrogen) atoms. The van der Waals surface area contributed by atoms with E-state index in [0.29, 0.717) is 24.3 Å². The fourth-order valence-corrected chi connectivity index (χ4v) is 4.67. The third-order valence-electron chi connectivity index (χ3n) is 5.65. The maximum Gasteiger partial charge on any atom is 0.0485 e. The highest BCUT2D eigenvalue weighted by Gasteiger charge is 2.39. The topological polar surface area (TPSA) is 59.5 Å². The van der Waals surface area contributed by atoms with Crippen molar-refractivity contribution in [2.24, 2.45) is 5.92 Å². The molecule has 1 fully saturated rings. The Balaban J connectivity index is 1.86. The van der Waals surface area contributed by atoms with E-state index in [9.17, 15) is 10.2 Å². The van der Waals surface area contributed by atoms with E-state index in [0.717, 1.165) is 19.4 Å². The zero-order valence-electron chi connectivity index (χ0n) is 13.0. The van der Waals surface area contributed by atoms with E-state index in [1.807, 2.05) is 0 Å². The Morgan fingerprint density at radius 2 is 2.18 bits per heavy atom. The van der Waals surface area contributed by atoms with E-state index in [1.54, 1.807) is 0 Å². The summed E-state index contributed by atoms with van der Waals surface area (Å²) < 4.78 is 0. The van der Waals surface area contributed by atoms with Crippen LogP contribution in [0.5, 0.6) is 0 Å². The van der Waals surface area contributed by atoms with Gasteiger partial charge in [-0.2, -0.15) is 0 Å². The van der Waals surface area contributed by atoms with Crippen LogP contribution in [0.15, 0.2) is 18.2 Å². The maximum absolute atomic E-state index is 9.60. The Hall–Kier alpha value is -1.36. The van der Waals surface area contributed by atoms with Gasteiger partial charge in [0.15, 0.2) is 0 Å². The molecule has 1 aromatic carbocycles. The molecule has 4 rings (SSSR count). The molecule has 4 nitrogen and oxygen atoms in total. The van der Waals surface area contributed by atoms with Gasteiger partial charge in [0.05, 0.1) is 0 Å². The van der Waals surface area contributed by atoms with E-state index < -0.39 is 0 Å². The minimum absolute atomic E-state index is 0.186. The van der Waals surface area contributed by atoms with Gasteiger partial charge in [0.25, 0.3) is 0 Å². The number of piperidine rings is 1. The van der Waals surface area contributed by atoms with Crippen LogP contribution in [0.1, 0.15) is 29.2 Å². The van der Waals surface area contributed by atoms with E-state index >= 15 is 0 Å². The van der Waals surface area contributed by atoms with Gasteiger partial charge in [-0.05, 0) is 43.0 Å². The van der Waals surface area contributed by atoms with E-state index in [1.165, 1.54) is 27.7 Å². The van der Waals surface area contributed by atoms with Crippen LogP contribution >= 0.6 is 0 Å². The Bertz CT molecular complexity index is 694. The molecule has 1 unspecified atom stereocenters. The summed E-state index contributed by atoms with van der Waals surface area (Å²) in [5, 5.41) is 20.3. The molecule has 0 spiro atoms. The molecule has 2 aliphatic rings. The second-order valence-corrected chi connectivity index (χ2v) is 6.93. The summed E-state index contributed by atoms with van der Waals surface area (Å²) in [5.41, 5.74) is 5.22. The highest BCUT2D eigenvalue weighted by molar-refractivity contribution is 5.89. The first kappa shape index (κ1) is 14.2. The van der Waals surface area contributed by atoms with Crippen molar-refractivity contribution in [2.75, 3.05) is 26.8 Å². The lowest BCUT2D eigenvalue weighted by Crippen LogP contribution is -2.48. The summed E-state index contributed by atoms with van der Waals surface area (Å²) in [5.74, 6) is 0.879. The summed E-state index contributed by atoms with van der Waals surface area (Å²) in [6.07, 6.45) is 2.82. The number of hydrogen-bond acceptors (Lipinski definition) is 3. The van der Waals surface area contributed by atoms with Crippen LogP contribution in [-0.4, -0.2) is 52.9 Å². The number of aliphatic hydroxyl groups excluding tert-OH is 2. The lowest BCUT2D eigenvalue weighted by Gasteiger charge is -2.45. The molecule has 1 aliphatic heterocycles. The van der Waals surface area contributed by atoms with Gasteiger partial charge in [0, 0.05) is 54.7 Å². The maximum atomic E-state index is 9.60. The van der Waals surface area contributed by atoms with Gasteiger partial charge in [-0.15, -0.1) is 0 Å². The number of fused-ring (bicyclic) bond motifs is 2. The van der Waals surface area contributed by atoms with Gasteiger partial charge in [-0.3, -0.25) is 0 Å². The fraction of sp³-hybridized carbons (Fsp3) is 0.556. The summed E-state index contributed by atoms with van der Waals surface area (Å²) >= 11 is 0. The smallest absolute Gasteiger partial charge is 0.0485 e. The second-order valence-electron chi connectivity index (χ2n) is 6.93. The van der Waals surface area contributed by atoms with E-state index in [2.05, 4.69) is 35.1 Å².